The zero-order valence-corrected chi connectivity index (χ0v) is 13.0. The molecule has 0 radical (unpaired) electrons. The minimum Gasteiger partial charge on any atom is -0.384 e. The third-order valence-electron chi connectivity index (χ3n) is 3.67. The first-order valence-electron chi connectivity index (χ1n) is 6.50. The van der Waals surface area contributed by atoms with E-state index in [-0.39, 0.29) is 10.6 Å². The summed E-state index contributed by atoms with van der Waals surface area (Å²) in [5.74, 6) is -0.0750. The maximum Gasteiger partial charge on any atom is 0.149 e. The number of aliphatic hydroxyl groups excluding tert-OH is 1. The summed E-state index contributed by atoms with van der Waals surface area (Å²) in [6, 6.07) is 10.9. The highest BCUT2D eigenvalue weighted by Gasteiger charge is 2.29. The lowest BCUT2D eigenvalue weighted by atomic mass is 9.94. The van der Waals surface area contributed by atoms with Crippen molar-refractivity contribution < 1.29 is 9.50 Å². The predicted molar refractivity (Wildman–Crippen MR) is 81.6 cm³/mol. The van der Waals surface area contributed by atoms with Crippen LogP contribution in [0.1, 0.15) is 41.6 Å². The van der Waals surface area contributed by atoms with Gasteiger partial charge in [0.25, 0.3) is 0 Å². The van der Waals surface area contributed by atoms with Crippen LogP contribution in [0.3, 0.4) is 0 Å². The van der Waals surface area contributed by atoms with Gasteiger partial charge in [0.05, 0.1) is 5.02 Å². The Morgan fingerprint density at radius 1 is 1.15 bits per heavy atom. The third-order valence-corrected chi connectivity index (χ3v) is 4.93. The van der Waals surface area contributed by atoms with Crippen molar-refractivity contribution in [1.29, 1.82) is 0 Å². The average Bonchev–Trinajstić information content (AvgIpc) is 3.29. The van der Waals surface area contributed by atoms with Crippen LogP contribution in [0.4, 0.5) is 4.39 Å². The first-order chi connectivity index (χ1) is 9.59. The SMILES string of the molecule is OC(c1ccccc1C1CC1)c1ccc(Br)c(Cl)c1F. The van der Waals surface area contributed by atoms with Crippen LogP contribution in [0.15, 0.2) is 40.9 Å². The van der Waals surface area contributed by atoms with E-state index in [1.807, 2.05) is 24.3 Å². The van der Waals surface area contributed by atoms with Crippen molar-refractivity contribution in [3.63, 3.8) is 0 Å². The molecule has 3 rings (SSSR count). The molecule has 104 valence electrons. The van der Waals surface area contributed by atoms with Crippen molar-refractivity contribution in [3.8, 4) is 0 Å². The summed E-state index contributed by atoms with van der Waals surface area (Å²) in [5, 5.41) is 10.5. The van der Waals surface area contributed by atoms with Gasteiger partial charge in [0.2, 0.25) is 0 Å². The Balaban J connectivity index is 2.05. The summed E-state index contributed by atoms with van der Waals surface area (Å²) in [4.78, 5) is 0. The molecule has 1 fully saturated rings. The second kappa shape index (κ2) is 5.47. The van der Waals surface area contributed by atoms with Gasteiger partial charge < -0.3 is 5.11 Å². The van der Waals surface area contributed by atoms with Crippen molar-refractivity contribution >= 4 is 27.5 Å². The van der Waals surface area contributed by atoms with Crippen molar-refractivity contribution in [2.24, 2.45) is 0 Å². The van der Waals surface area contributed by atoms with Gasteiger partial charge in [0.15, 0.2) is 0 Å². The molecular formula is C16H13BrClFO. The van der Waals surface area contributed by atoms with Gasteiger partial charge in [-0.1, -0.05) is 41.9 Å². The molecule has 0 spiro atoms. The molecule has 1 saturated carbocycles. The molecule has 2 aromatic rings. The van der Waals surface area contributed by atoms with Crippen LogP contribution in [-0.4, -0.2) is 5.11 Å². The molecule has 1 nitrogen and oxygen atoms in total. The van der Waals surface area contributed by atoms with E-state index in [9.17, 15) is 9.50 Å². The molecular weight excluding hydrogens is 343 g/mol. The smallest absolute Gasteiger partial charge is 0.149 e. The Morgan fingerprint density at radius 3 is 2.55 bits per heavy atom. The fraction of sp³-hybridized carbons (Fsp3) is 0.250. The molecule has 1 aliphatic carbocycles. The summed E-state index contributed by atoms with van der Waals surface area (Å²) in [5.41, 5.74) is 2.09. The van der Waals surface area contributed by atoms with Crippen molar-refractivity contribution in [2.75, 3.05) is 0 Å². The molecule has 0 heterocycles. The number of hydrogen-bond donors (Lipinski definition) is 1. The minimum atomic E-state index is -0.989. The lowest BCUT2D eigenvalue weighted by molar-refractivity contribution is 0.214. The molecule has 1 atom stereocenters. The maximum atomic E-state index is 14.2. The van der Waals surface area contributed by atoms with Gasteiger partial charge >= 0.3 is 0 Å². The van der Waals surface area contributed by atoms with E-state index in [1.165, 1.54) is 0 Å². The second-order valence-electron chi connectivity index (χ2n) is 5.07. The second-order valence-corrected chi connectivity index (χ2v) is 6.30. The Morgan fingerprint density at radius 2 is 1.85 bits per heavy atom. The lowest BCUT2D eigenvalue weighted by Gasteiger charge is -2.17. The van der Waals surface area contributed by atoms with Gasteiger partial charge in [-0.15, -0.1) is 0 Å². The van der Waals surface area contributed by atoms with E-state index < -0.39 is 11.9 Å². The normalized spacial score (nSPS) is 16.2. The molecule has 0 aliphatic heterocycles. The van der Waals surface area contributed by atoms with Crippen molar-refractivity contribution in [3.05, 3.63) is 68.4 Å². The quantitative estimate of drug-likeness (QED) is 0.750. The van der Waals surface area contributed by atoms with Gasteiger partial charge in [-0.3, -0.25) is 0 Å². The molecule has 0 bridgehead atoms. The zero-order valence-electron chi connectivity index (χ0n) is 10.6. The minimum absolute atomic E-state index is 0.00505. The molecule has 1 N–H and O–H groups in total. The largest absolute Gasteiger partial charge is 0.384 e. The highest BCUT2D eigenvalue weighted by atomic mass is 79.9. The molecule has 0 amide bonds. The third kappa shape index (κ3) is 2.50. The van der Waals surface area contributed by atoms with Crippen LogP contribution < -0.4 is 0 Å². The van der Waals surface area contributed by atoms with Crippen LogP contribution in [0.2, 0.25) is 5.02 Å². The summed E-state index contributed by atoms with van der Waals surface area (Å²) in [7, 11) is 0. The first-order valence-corrected chi connectivity index (χ1v) is 7.67. The highest BCUT2D eigenvalue weighted by molar-refractivity contribution is 9.10. The lowest BCUT2D eigenvalue weighted by Crippen LogP contribution is -2.06. The maximum absolute atomic E-state index is 14.2. The molecule has 2 aromatic carbocycles. The first kappa shape index (κ1) is 14.1. The van der Waals surface area contributed by atoms with Crippen LogP contribution in [0.5, 0.6) is 0 Å². The standard InChI is InChI=1S/C16H13BrClFO/c17-13-8-7-12(15(19)14(13)18)16(20)11-4-2-1-3-10(11)9-5-6-9/h1-4,7-9,16,20H,5-6H2. The Hall–Kier alpha value is -0.900. The average molecular weight is 356 g/mol. The van der Waals surface area contributed by atoms with Crippen LogP contribution in [0, 0.1) is 5.82 Å². The Kier molecular flexibility index (Phi) is 3.85. The van der Waals surface area contributed by atoms with Gasteiger partial charge in [-0.25, -0.2) is 4.39 Å². The van der Waals surface area contributed by atoms with Crippen molar-refractivity contribution in [1.82, 2.24) is 0 Å². The predicted octanol–water partition coefficient (Wildman–Crippen LogP) is 5.20. The van der Waals surface area contributed by atoms with E-state index in [4.69, 9.17) is 11.6 Å². The fourth-order valence-corrected chi connectivity index (χ4v) is 2.92. The topological polar surface area (TPSA) is 20.2 Å². The van der Waals surface area contributed by atoms with Gasteiger partial charge in [0.1, 0.15) is 11.9 Å². The summed E-state index contributed by atoms with van der Waals surface area (Å²) in [6.45, 7) is 0. The summed E-state index contributed by atoms with van der Waals surface area (Å²) < 4.78 is 14.7. The molecule has 0 saturated heterocycles. The van der Waals surface area contributed by atoms with Gasteiger partial charge in [0, 0.05) is 10.0 Å². The fourth-order valence-electron chi connectivity index (χ4n) is 2.45. The zero-order chi connectivity index (χ0) is 14.3. The van der Waals surface area contributed by atoms with E-state index >= 15 is 0 Å². The summed E-state index contributed by atoms with van der Waals surface area (Å²) >= 11 is 9.08. The molecule has 0 aromatic heterocycles. The van der Waals surface area contributed by atoms with E-state index in [0.29, 0.717) is 10.4 Å². The Labute approximate surface area is 130 Å². The summed E-state index contributed by atoms with van der Waals surface area (Å²) in [6.07, 6.45) is 1.28. The number of aliphatic hydroxyl groups is 1. The van der Waals surface area contributed by atoms with Gasteiger partial charge in [-0.2, -0.15) is 0 Å². The van der Waals surface area contributed by atoms with Crippen LogP contribution in [0.25, 0.3) is 0 Å². The highest BCUT2D eigenvalue weighted by Crippen LogP contribution is 2.44. The van der Waals surface area contributed by atoms with Crippen LogP contribution >= 0.6 is 27.5 Å². The number of hydrogen-bond acceptors (Lipinski definition) is 1. The van der Waals surface area contributed by atoms with E-state index in [0.717, 1.165) is 24.0 Å². The molecule has 1 aliphatic rings. The Bertz CT molecular complexity index is 655. The van der Waals surface area contributed by atoms with Crippen molar-refractivity contribution in [2.45, 2.75) is 24.9 Å². The molecule has 20 heavy (non-hydrogen) atoms. The number of benzene rings is 2. The molecule has 1 unspecified atom stereocenters. The van der Waals surface area contributed by atoms with E-state index in [2.05, 4.69) is 15.9 Å². The van der Waals surface area contributed by atoms with Gasteiger partial charge in [-0.05, 0) is 51.9 Å². The monoisotopic (exact) mass is 354 g/mol. The van der Waals surface area contributed by atoms with Crippen LogP contribution in [-0.2, 0) is 0 Å². The molecule has 4 heteroatoms. The number of halogens is 3. The van der Waals surface area contributed by atoms with E-state index in [1.54, 1.807) is 12.1 Å². The number of rotatable bonds is 3.